The molecule has 0 aliphatic carbocycles. The zero-order chi connectivity index (χ0) is 20.9. The third kappa shape index (κ3) is 4.43. The van der Waals surface area contributed by atoms with Crippen LogP contribution in [0.15, 0.2) is 65.4 Å². The number of benzene rings is 1. The number of nitrogens with zero attached hydrogens (tertiary/aromatic N) is 1. The number of furan rings is 1. The van der Waals surface area contributed by atoms with Crippen LogP contribution in [0.2, 0.25) is 0 Å². The molecule has 1 aromatic carbocycles. The van der Waals surface area contributed by atoms with Crippen LogP contribution in [-0.2, 0) is 0 Å². The molecule has 154 valence electrons. The smallest absolute Gasteiger partial charge is 0.291 e. The second kappa shape index (κ2) is 8.69. The number of anilines is 1. The van der Waals surface area contributed by atoms with E-state index in [1.165, 1.54) is 6.26 Å². The zero-order valence-corrected chi connectivity index (χ0v) is 16.3. The summed E-state index contributed by atoms with van der Waals surface area (Å²) in [6.45, 7) is 1.76. The van der Waals surface area contributed by atoms with E-state index in [0.717, 1.165) is 6.42 Å². The number of rotatable bonds is 6. The lowest BCUT2D eigenvalue weighted by atomic mass is 10.1. The fourth-order valence-electron chi connectivity index (χ4n) is 3.50. The molecule has 1 aliphatic heterocycles. The first-order chi connectivity index (χ1) is 14.6. The van der Waals surface area contributed by atoms with E-state index in [0.29, 0.717) is 36.6 Å². The first-order valence-electron chi connectivity index (χ1n) is 9.76. The Bertz CT molecular complexity index is 1030. The molecule has 3 N–H and O–H groups in total. The number of hydrogen-bond donors (Lipinski definition) is 3. The summed E-state index contributed by atoms with van der Waals surface area (Å²) in [5.41, 5.74) is 1.53. The lowest BCUT2D eigenvalue weighted by molar-refractivity contribution is 0.0781. The number of amides is 3. The van der Waals surface area contributed by atoms with Crippen molar-refractivity contribution in [3.05, 3.63) is 78.0 Å². The highest BCUT2D eigenvalue weighted by atomic mass is 16.3. The summed E-state index contributed by atoms with van der Waals surface area (Å²) >= 11 is 0. The summed E-state index contributed by atoms with van der Waals surface area (Å²) < 4.78 is 5.07. The molecule has 2 aromatic heterocycles. The molecule has 1 atom stereocenters. The Balaban J connectivity index is 1.29. The highest BCUT2D eigenvalue weighted by Crippen LogP contribution is 2.18. The van der Waals surface area contributed by atoms with E-state index in [-0.39, 0.29) is 29.4 Å². The Morgan fingerprint density at radius 1 is 1.10 bits per heavy atom. The van der Waals surface area contributed by atoms with Crippen molar-refractivity contribution in [1.29, 1.82) is 0 Å². The number of aromatic nitrogens is 1. The summed E-state index contributed by atoms with van der Waals surface area (Å²) in [7, 11) is 0. The van der Waals surface area contributed by atoms with Gasteiger partial charge in [0.05, 0.1) is 6.26 Å². The van der Waals surface area contributed by atoms with Crippen molar-refractivity contribution in [3.63, 3.8) is 0 Å². The molecule has 4 rings (SSSR count). The van der Waals surface area contributed by atoms with E-state index in [9.17, 15) is 14.4 Å². The molecule has 1 saturated heterocycles. The Morgan fingerprint density at radius 2 is 2.00 bits per heavy atom. The molecule has 1 fully saturated rings. The number of likely N-dealkylation sites (tertiary alicyclic amines) is 1. The molecule has 0 saturated carbocycles. The predicted octanol–water partition coefficient (Wildman–Crippen LogP) is 2.75. The third-order valence-electron chi connectivity index (χ3n) is 5.08. The minimum Gasteiger partial charge on any atom is -0.459 e. The molecule has 3 heterocycles. The van der Waals surface area contributed by atoms with Gasteiger partial charge in [0.25, 0.3) is 17.7 Å². The van der Waals surface area contributed by atoms with Gasteiger partial charge in [-0.15, -0.1) is 0 Å². The molecule has 30 heavy (non-hydrogen) atoms. The molecular formula is C22H22N4O4. The van der Waals surface area contributed by atoms with Gasteiger partial charge in [0.2, 0.25) is 0 Å². The fraction of sp³-hybridized carbons (Fsp3) is 0.227. The van der Waals surface area contributed by atoms with Crippen molar-refractivity contribution in [1.82, 2.24) is 15.2 Å². The Labute approximate surface area is 173 Å². The van der Waals surface area contributed by atoms with Gasteiger partial charge in [0.1, 0.15) is 5.69 Å². The zero-order valence-electron chi connectivity index (χ0n) is 16.3. The van der Waals surface area contributed by atoms with Crippen molar-refractivity contribution in [2.45, 2.75) is 6.42 Å². The van der Waals surface area contributed by atoms with E-state index in [1.807, 2.05) is 0 Å². The molecular weight excluding hydrogens is 384 g/mol. The van der Waals surface area contributed by atoms with Crippen molar-refractivity contribution >= 4 is 23.4 Å². The van der Waals surface area contributed by atoms with Crippen LogP contribution in [-0.4, -0.2) is 47.2 Å². The summed E-state index contributed by atoms with van der Waals surface area (Å²) in [4.78, 5) is 41.7. The Morgan fingerprint density at radius 3 is 2.77 bits per heavy atom. The Hall–Kier alpha value is -3.81. The van der Waals surface area contributed by atoms with Gasteiger partial charge in [-0.3, -0.25) is 14.4 Å². The SMILES string of the molecule is O=C(NCC1CCN(C(=O)c2ccc[nH]2)C1)c1cccc(NC(=O)c2ccco2)c1. The van der Waals surface area contributed by atoms with Gasteiger partial charge in [-0.2, -0.15) is 0 Å². The van der Waals surface area contributed by atoms with Crippen molar-refractivity contribution < 1.29 is 18.8 Å². The average Bonchev–Trinajstić information content (AvgIpc) is 3.54. The number of nitrogens with one attached hydrogen (secondary N) is 3. The second-order valence-electron chi connectivity index (χ2n) is 7.21. The third-order valence-corrected chi connectivity index (χ3v) is 5.08. The molecule has 1 unspecified atom stereocenters. The monoisotopic (exact) mass is 406 g/mol. The van der Waals surface area contributed by atoms with Crippen LogP contribution in [0.3, 0.4) is 0 Å². The lowest BCUT2D eigenvalue weighted by Crippen LogP contribution is -2.33. The van der Waals surface area contributed by atoms with Crippen LogP contribution >= 0.6 is 0 Å². The van der Waals surface area contributed by atoms with E-state index in [4.69, 9.17) is 4.42 Å². The maximum absolute atomic E-state index is 12.5. The van der Waals surface area contributed by atoms with Crippen LogP contribution < -0.4 is 10.6 Å². The van der Waals surface area contributed by atoms with Gasteiger partial charge in [-0.05, 0) is 54.8 Å². The van der Waals surface area contributed by atoms with Gasteiger partial charge in [-0.1, -0.05) is 6.07 Å². The summed E-state index contributed by atoms with van der Waals surface area (Å²) in [6, 6.07) is 13.5. The number of H-pyrrole nitrogens is 1. The molecule has 0 bridgehead atoms. The molecule has 0 spiro atoms. The first-order valence-corrected chi connectivity index (χ1v) is 9.76. The minimum atomic E-state index is -0.379. The predicted molar refractivity (Wildman–Crippen MR) is 110 cm³/mol. The van der Waals surface area contributed by atoms with Gasteiger partial charge >= 0.3 is 0 Å². The maximum Gasteiger partial charge on any atom is 0.291 e. The van der Waals surface area contributed by atoms with E-state index in [1.54, 1.807) is 59.6 Å². The van der Waals surface area contributed by atoms with Crippen LogP contribution in [0.5, 0.6) is 0 Å². The maximum atomic E-state index is 12.5. The quantitative estimate of drug-likeness (QED) is 0.585. The molecule has 0 radical (unpaired) electrons. The summed E-state index contributed by atoms with van der Waals surface area (Å²) in [6.07, 6.45) is 3.99. The van der Waals surface area contributed by atoms with Crippen molar-refractivity contribution in [3.8, 4) is 0 Å². The molecule has 8 nitrogen and oxygen atoms in total. The van der Waals surface area contributed by atoms with E-state index >= 15 is 0 Å². The highest BCUT2D eigenvalue weighted by molar-refractivity contribution is 6.03. The molecule has 1 aliphatic rings. The highest BCUT2D eigenvalue weighted by Gasteiger charge is 2.27. The second-order valence-corrected chi connectivity index (χ2v) is 7.21. The first kappa shape index (κ1) is 19.5. The average molecular weight is 406 g/mol. The van der Waals surface area contributed by atoms with Crippen molar-refractivity contribution in [2.24, 2.45) is 5.92 Å². The largest absolute Gasteiger partial charge is 0.459 e. The fourth-order valence-corrected chi connectivity index (χ4v) is 3.50. The topological polar surface area (TPSA) is 107 Å². The van der Waals surface area contributed by atoms with Crippen LogP contribution in [0.1, 0.15) is 37.8 Å². The molecule has 8 heteroatoms. The lowest BCUT2D eigenvalue weighted by Gasteiger charge is -2.16. The number of hydrogen-bond acceptors (Lipinski definition) is 4. The van der Waals surface area contributed by atoms with Crippen LogP contribution in [0, 0.1) is 5.92 Å². The normalized spacial score (nSPS) is 15.7. The Kier molecular flexibility index (Phi) is 5.65. The van der Waals surface area contributed by atoms with E-state index < -0.39 is 0 Å². The summed E-state index contributed by atoms with van der Waals surface area (Å²) in [5.74, 6) is -0.221. The number of carbonyl (C=O) groups excluding carboxylic acids is 3. The van der Waals surface area contributed by atoms with Crippen molar-refractivity contribution in [2.75, 3.05) is 25.0 Å². The van der Waals surface area contributed by atoms with Gasteiger partial charge in [-0.25, -0.2) is 0 Å². The summed E-state index contributed by atoms with van der Waals surface area (Å²) in [5, 5.41) is 5.64. The minimum absolute atomic E-state index is 0.0196. The standard InChI is InChI=1S/C22H22N4O4/c27-20(16-4-1-5-17(12-16)25-21(28)19-7-3-11-30-19)24-13-15-8-10-26(14-15)22(29)18-6-2-9-23-18/h1-7,9,11-12,15,23H,8,10,13-14H2,(H,24,27)(H,25,28). The van der Waals surface area contributed by atoms with Crippen LogP contribution in [0.4, 0.5) is 5.69 Å². The molecule has 3 aromatic rings. The van der Waals surface area contributed by atoms with E-state index in [2.05, 4.69) is 15.6 Å². The van der Waals surface area contributed by atoms with Gasteiger partial charge in [0, 0.05) is 37.1 Å². The van der Waals surface area contributed by atoms with Gasteiger partial charge in [0.15, 0.2) is 5.76 Å². The number of carbonyl (C=O) groups is 3. The number of aromatic amines is 1. The van der Waals surface area contributed by atoms with Crippen LogP contribution in [0.25, 0.3) is 0 Å². The molecule has 3 amide bonds. The van der Waals surface area contributed by atoms with Gasteiger partial charge < -0.3 is 24.9 Å².